The van der Waals surface area contributed by atoms with E-state index in [9.17, 15) is 9.90 Å². The molecular formula is C25H34O7. The highest BCUT2D eigenvalue weighted by molar-refractivity contribution is 5.64. The van der Waals surface area contributed by atoms with Crippen LogP contribution in [0.3, 0.4) is 0 Å². The number of rotatable bonds is 13. The van der Waals surface area contributed by atoms with Crippen molar-refractivity contribution >= 4 is 6.29 Å². The third kappa shape index (κ3) is 5.85. The summed E-state index contributed by atoms with van der Waals surface area (Å²) in [6.45, 7) is 4.34. The van der Waals surface area contributed by atoms with Crippen molar-refractivity contribution in [2.75, 3.05) is 35.2 Å². The summed E-state index contributed by atoms with van der Waals surface area (Å²) in [5.74, 6) is 2.14. The fraction of sp³-hybridized carbons (Fsp3) is 0.480. The summed E-state index contributed by atoms with van der Waals surface area (Å²) in [6, 6.07) is 7.18. The van der Waals surface area contributed by atoms with Crippen LogP contribution in [0.1, 0.15) is 49.3 Å². The highest BCUT2D eigenvalue weighted by Gasteiger charge is 2.27. The van der Waals surface area contributed by atoms with Gasteiger partial charge in [-0.1, -0.05) is 19.9 Å². The minimum atomic E-state index is -0.448. The molecule has 0 heterocycles. The van der Waals surface area contributed by atoms with Gasteiger partial charge in [-0.3, -0.25) is 0 Å². The second-order valence-electron chi connectivity index (χ2n) is 7.87. The first-order chi connectivity index (χ1) is 15.4. The smallest absolute Gasteiger partial charge is 0.188 e. The van der Waals surface area contributed by atoms with Gasteiger partial charge in [0.15, 0.2) is 18.3 Å². The van der Waals surface area contributed by atoms with Crippen molar-refractivity contribution in [3.63, 3.8) is 0 Å². The fourth-order valence-electron chi connectivity index (χ4n) is 3.70. The number of benzene rings is 2. The Labute approximate surface area is 190 Å². The third-order valence-electron chi connectivity index (χ3n) is 5.38. The van der Waals surface area contributed by atoms with Crippen LogP contribution in [0.5, 0.6) is 28.7 Å². The minimum absolute atomic E-state index is 0.0831. The number of phenolic OH excluding ortho intramolecular Hbond substituents is 1. The number of methoxy groups -OCH3 is 4. The first-order valence-corrected chi connectivity index (χ1v) is 10.6. The lowest BCUT2D eigenvalue weighted by Crippen LogP contribution is -2.09. The summed E-state index contributed by atoms with van der Waals surface area (Å²) in [4.78, 5) is 11.6. The van der Waals surface area contributed by atoms with E-state index in [-0.39, 0.29) is 19.0 Å². The molecule has 0 radical (unpaired) electrons. The van der Waals surface area contributed by atoms with Crippen LogP contribution in [-0.2, 0) is 16.0 Å². The van der Waals surface area contributed by atoms with Crippen LogP contribution in [0, 0.1) is 5.92 Å². The van der Waals surface area contributed by atoms with Gasteiger partial charge in [-0.2, -0.15) is 0 Å². The average Bonchev–Trinajstić information content (AvgIpc) is 2.79. The lowest BCUT2D eigenvalue weighted by atomic mass is 9.85. The van der Waals surface area contributed by atoms with Crippen LogP contribution in [0.2, 0.25) is 0 Å². The van der Waals surface area contributed by atoms with Crippen molar-refractivity contribution < 1.29 is 33.6 Å². The van der Waals surface area contributed by atoms with Gasteiger partial charge in [-0.05, 0) is 36.5 Å². The molecule has 32 heavy (non-hydrogen) atoms. The molecule has 0 spiro atoms. The van der Waals surface area contributed by atoms with Crippen molar-refractivity contribution in [3.05, 3.63) is 41.0 Å². The van der Waals surface area contributed by atoms with E-state index in [1.807, 2.05) is 6.07 Å². The Morgan fingerprint density at radius 1 is 0.938 bits per heavy atom. The average molecular weight is 447 g/mol. The number of phenols is 1. The number of carbonyl (C=O) groups is 1. The summed E-state index contributed by atoms with van der Waals surface area (Å²) in [7, 11) is 6.19. The normalized spacial score (nSPS) is 11.8. The Balaban J connectivity index is 2.64. The molecule has 1 unspecified atom stereocenters. The Morgan fingerprint density at radius 3 is 2.19 bits per heavy atom. The maximum Gasteiger partial charge on any atom is 0.188 e. The van der Waals surface area contributed by atoms with Crippen molar-refractivity contribution in [3.8, 4) is 28.7 Å². The molecule has 0 aromatic heterocycles. The van der Waals surface area contributed by atoms with Crippen molar-refractivity contribution in [1.82, 2.24) is 0 Å². The number of ether oxygens (including phenoxy) is 5. The van der Waals surface area contributed by atoms with Crippen LogP contribution < -0.4 is 18.9 Å². The molecular weight excluding hydrogens is 412 g/mol. The standard InChI is InChI=1S/C25H34O7/c1-16(2)7-9-19-21(29-4)14-23(31-6)24(25(19)27)18(11-12-26)17-8-10-20(32-15-28-3)22(13-17)30-5/h8,10,12-14,16,18,27H,7,9,11,15H2,1-6H3. The SMILES string of the molecule is COCOc1ccc(C(CC=O)c2c(OC)cc(OC)c(CCC(C)C)c2O)cc1OC. The number of aromatic hydroxyl groups is 1. The summed E-state index contributed by atoms with van der Waals surface area (Å²) in [5.41, 5.74) is 2.04. The van der Waals surface area contributed by atoms with Crippen LogP contribution in [0.25, 0.3) is 0 Å². The zero-order valence-corrected chi connectivity index (χ0v) is 19.8. The zero-order valence-electron chi connectivity index (χ0n) is 19.8. The summed E-state index contributed by atoms with van der Waals surface area (Å²) < 4.78 is 27.1. The lowest BCUT2D eigenvalue weighted by Gasteiger charge is -2.24. The molecule has 1 atom stereocenters. The van der Waals surface area contributed by atoms with E-state index in [0.29, 0.717) is 46.5 Å². The van der Waals surface area contributed by atoms with Gasteiger partial charge >= 0.3 is 0 Å². The summed E-state index contributed by atoms with van der Waals surface area (Å²) in [6.07, 6.45) is 2.52. The van der Waals surface area contributed by atoms with Crippen molar-refractivity contribution in [2.24, 2.45) is 5.92 Å². The molecule has 2 aromatic rings. The van der Waals surface area contributed by atoms with E-state index in [1.165, 1.54) is 14.2 Å². The van der Waals surface area contributed by atoms with E-state index in [0.717, 1.165) is 18.3 Å². The van der Waals surface area contributed by atoms with Crippen LogP contribution in [0.15, 0.2) is 24.3 Å². The Hall–Kier alpha value is -2.93. The van der Waals surface area contributed by atoms with E-state index in [1.54, 1.807) is 32.4 Å². The van der Waals surface area contributed by atoms with Gasteiger partial charge in [0.05, 0.1) is 21.3 Å². The van der Waals surface area contributed by atoms with Crippen molar-refractivity contribution in [2.45, 2.75) is 39.0 Å². The molecule has 0 aliphatic carbocycles. The van der Waals surface area contributed by atoms with Gasteiger partial charge in [-0.25, -0.2) is 0 Å². The molecule has 1 N–H and O–H groups in total. The van der Waals surface area contributed by atoms with Gasteiger partial charge < -0.3 is 33.6 Å². The molecule has 0 fully saturated rings. The molecule has 0 aliphatic heterocycles. The second-order valence-corrected chi connectivity index (χ2v) is 7.87. The van der Waals surface area contributed by atoms with Crippen LogP contribution in [-0.4, -0.2) is 46.6 Å². The Morgan fingerprint density at radius 2 is 1.62 bits per heavy atom. The van der Waals surface area contributed by atoms with Crippen molar-refractivity contribution in [1.29, 1.82) is 0 Å². The molecule has 0 bridgehead atoms. The van der Waals surface area contributed by atoms with E-state index < -0.39 is 5.92 Å². The molecule has 176 valence electrons. The molecule has 7 nitrogen and oxygen atoms in total. The number of hydrogen-bond acceptors (Lipinski definition) is 7. The third-order valence-corrected chi connectivity index (χ3v) is 5.38. The van der Waals surface area contributed by atoms with Crippen LogP contribution >= 0.6 is 0 Å². The lowest BCUT2D eigenvalue weighted by molar-refractivity contribution is -0.108. The highest BCUT2D eigenvalue weighted by Crippen LogP contribution is 2.47. The van der Waals surface area contributed by atoms with Crippen LogP contribution in [0.4, 0.5) is 0 Å². The largest absolute Gasteiger partial charge is 0.507 e. The maximum atomic E-state index is 11.6. The molecule has 2 aromatic carbocycles. The molecule has 2 rings (SSSR count). The Kier molecular flexibility index (Phi) is 9.65. The van der Waals surface area contributed by atoms with E-state index >= 15 is 0 Å². The highest BCUT2D eigenvalue weighted by atomic mass is 16.7. The molecule has 0 aliphatic rings. The predicted molar refractivity (Wildman–Crippen MR) is 122 cm³/mol. The number of carbonyl (C=O) groups excluding carboxylic acids is 1. The molecule has 0 amide bonds. The maximum absolute atomic E-state index is 11.6. The first kappa shape index (κ1) is 25.3. The summed E-state index contributed by atoms with van der Waals surface area (Å²) >= 11 is 0. The van der Waals surface area contributed by atoms with E-state index in [4.69, 9.17) is 23.7 Å². The summed E-state index contributed by atoms with van der Waals surface area (Å²) in [5, 5.41) is 11.3. The number of aldehydes is 1. The van der Waals surface area contributed by atoms with Gasteiger partial charge in [0.1, 0.15) is 23.5 Å². The van der Waals surface area contributed by atoms with E-state index in [2.05, 4.69) is 13.8 Å². The topological polar surface area (TPSA) is 83.5 Å². The van der Waals surface area contributed by atoms with Gasteiger partial charge in [0.25, 0.3) is 0 Å². The van der Waals surface area contributed by atoms with Gasteiger partial charge in [-0.15, -0.1) is 0 Å². The fourth-order valence-corrected chi connectivity index (χ4v) is 3.70. The second kappa shape index (κ2) is 12.2. The monoisotopic (exact) mass is 446 g/mol. The molecule has 7 heteroatoms. The molecule has 0 saturated carbocycles. The quantitative estimate of drug-likeness (QED) is 0.352. The Bertz CT molecular complexity index is 892. The van der Waals surface area contributed by atoms with Gasteiger partial charge in [0, 0.05) is 36.6 Å². The van der Waals surface area contributed by atoms with Gasteiger partial charge in [0.2, 0.25) is 0 Å². The zero-order chi connectivity index (χ0) is 23.7. The first-order valence-electron chi connectivity index (χ1n) is 10.6. The predicted octanol–water partition coefficient (Wildman–Crippen LogP) is 4.71. The molecule has 0 saturated heterocycles. The number of hydrogen-bond donors (Lipinski definition) is 1. The minimum Gasteiger partial charge on any atom is -0.507 e.